The van der Waals surface area contributed by atoms with Crippen molar-refractivity contribution in [3.05, 3.63) is 81.2 Å². The number of rotatable bonds is 6. The molecular formula is C22H19N5O4. The van der Waals surface area contributed by atoms with Crippen molar-refractivity contribution in [1.82, 2.24) is 10.2 Å². The van der Waals surface area contributed by atoms with E-state index in [4.69, 9.17) is 15.2 Å². The van der Waals surface area contributed by atoms with Gasteiger partial charge in [-0.3, -0.25) is 15.2 Å². The number of nitrogens with two attached hydrogens (primary N) is 1. The summed E-state index contributed by atoms with van der Waals surface area (Å²) in [6.45, 7) is 2.64. The number of ether oxygens (including phenoxy) is 2. The Morgan fingerprint density at radius 2 is 2.03 bits per heavy atom. The monoisotopic (exact) mass is 417 g/mol. The summed E-state index contributed by atoms with van der Waals surface area (Å²) in [5, 5.41) is 28.6. The van der Waals surface area contributed by atoms with Crippen LogP contribution >= 0.6 is 0 Å². The van der Waals surface area contributed by atoms with Crippen LogP contribution < -0.4 is 15.2 Å². The van der Waals surface area contributed by atoms with Crippen LogP contribution in [0, 0.1) is 21.4 Å². The predicted octanol–water partition coefficient (Wildman–Crippen LogP) is 3.99. The van der Waals surface area contributed by atoms with E-state index in [-0.39, 0.29) is 23.0 Å². The highest BCUT2D eigenvalue weighted by atomic mass is 16.6. The third-order valence-electron chi connectivity index (χ3n) is 5.00. The van der Waals surface area contributed by atoms with Gasteiger partial charge in [-0.25, -0.2) is 0 Å². The number of allylic oxidation sites excluding steroid dienone is 1. The van der Waals surface area contributed by atoms with Gasteiger partial charge in [-0.1, -0.05) is 25.1 Å². The largest absolute Gasteiger partial charge is 0.494 e. The maximum Gasteiger partial charge on any atom is 0.273 e. The van der Waals surface area contributed by atoms with E-state index in [0.29, 0.717) is 23.4 Å². The zero-order valence-electron chi connectivity index (χ0n) is 16.7. The molecule has 2 aromatic carbocycles. The van der Waals surface area contributed by atoms with Crippen LogP contribution in [0.4, 0.5) is 5.69 Å². The summed E-state index contributed by atoms with van der Waals surface area (Å²) in [6.07, 6.45) is 0.898. The second-order valence-corrected chi connectivity index (χ2v) is 6.93. The molecule has 2 heterocycles. The Balaban J connectivity index is 1.87. The summed E-state index contributed by atoms with van der Waals surface area (Å²) in [5.74, 6) is -0.0204. The Bertz CT molecular complexity index is 1210. The topological polar surface area (TPSA) is 140 Å². The number of aromatic nitrogens is 2. The second kappa shape index (κ2) is 8.20. The van der Waals surface area contributed by atoms with Gasteiger partial charge in [0.25, 0.3) is 5.69 Å². The first kappa shape index (κ1) is 20.0. The smallest absolute Gasteiger partial charge is 0.273 e. The second-order valence-electron chi connectivity index (χ2n) is 6.93. The number of benzene rings is 2. The minimum Gasteiger partial charge on any atom is -0.494 e. The van der Waals surface area contributed by atoms with Crippen LogP contribution in [0.5, 0.6) is 11.6 Å². The minimum absolute atomic E-state index is 0.0901. The van der Waals surface area contributed by atoms with Crippen LogP contribution in [-0.2, 0) is 0 Å². The van der Waals surface area contributed by atoms with Gasteiger partial charge in [0, 0.05) is 17.2 Å². The number of nitriles is 1. The maximum atomic E-state index is 11.7. The zero-order chi connectivity index (χ0) is 22.0. The molecule has 0 aliphatic carbocycles. The van der Waals surface area contributed by atoms with Gasteiger partial charge in [-0.15, -0.1) is 5.10 Å². The third-order valence-corrected chi connectivity index (χ3v) is 5.00. The van der Waals surface area contributed by atoms with Crippen molar-refractivity contribution in [2.75, 3.05) is 6.61 Å². The molecule has 31 heavy (non-hydrogen) atoms. The van der Waals surface area contributed by atoms with Gasteiger partial charge in [0.2, 0.25) is 11.8 Å². The van der Waals surface area contributed by atoms with Crippen LogP contribution in [0.15, 0.2) is 60.0 Å². The lowest BCUT2D eigenvalue weighted by Crippen LogP contribution is -2.21. The lowest BCUT2D eigenvalue weighted by Gasteiger charge is -2.24. The molecule has 9 heteroatoms. The number of nitro benzene ring substituents is 1. The number of nitrogens with one attached hydrogen (secondary N) is 1. The Morgan fingerprint density at radius 1 is 1.29 bits per heavy atom. The van der Waals surface area contributed by atoms with Crippen LogP contribution in [0.25, 0.3) is 11.3 Å². The minimum atomic E-state index is -0.805. The summed E-state index contributed by atoms with van der Waals surface area (Å²) in [6, 6.07) is 15.7. The first-order valence-electron chi connectivity index (χ1n) is 9.67. The van der Waals surface area contributed by atoms with Crippen molar-refractivity contribution in [3.8, 4) is 29.0 Å². The molecule has 0 saturated carbocycles. The van der Waals surface area contributed by atoms with E-state index in [1.807, 2.05) is 31.2 Å². The lowest BCUT2D eigenvalue weighted by atomic mass is 9.82. The molecule has 1 aromatic heterocycles. The molecule has 3 aromatic rings. The number of H-pyrrole nitrogens is 1. The van der Waals surface area contributed by atoms with E-state index in [1.54, 1.807) is 18.2 Å². The Hall–Kier alpha value is -4.32. The van der Waals surface area contributed by atoms with E-state index in [0.717, 1.165) is 17.7 Å². The number of nitro groups is 1. The standard InChI is InChI=1S/C22H19N5O4/c1-2-11-30-14-9-7-13(8-10-14)20-19-18(15-5-3-4-6-17(15)27(28)29)16(12-23)21(24)31-22(19)26-25-20/h3-10,18H,2,11,24H2,1H3,(H,25,26)/t18-/m1/s1. The molecule has 0 bridgehead atoms. The van der Waals surface area contributed by atoms with Crippen LogP contribution in [0.1, 0.15) is 30.4 Å². The van der Waals surface area contributed by atoms with E-state index in [1.165, 1.54) is 6.07 Å². The molecule has 1 aliphatic heterocycles. The number of nitrogens with zero attached hydrogens (tertiary/aromatic N) is 3. The summed E-state index contributed by atoms with van der Waals surface area (Å²) in [7, 11) is 0. The molecular weight excluding hydrogens is 398 g/mol. The fraction of sp³-hybridized carbons (Fsp3) is 0.182. The normalized spacial score (nSPS) is 15.0. The first-order chi connectivity index (χ1) is 15.0. The van der Waals surface area contributed by atoms with Gasteiger partial charge in [-0.05, 0) is 30.7 Å². The Labute approximate surface area is 177 Å². The highest BCUT2D eigenvalue weighted by Crippen LogP contribution is 2.47. The van der Waals surface area contributed by atoms with Crippen LogP contribution in [0.3, 0.4) is 0 Å². The van der Waals surface area contributed by atoms with Crippen molar-refractivity contribution in [2.45, 2.75) is 19.3 Å². The molecule has 0 fully saturated rings. The Morgan fingerprint density at radius 3 is 2.71 bits per heavy atom. The van der Waals surface area contributed by atoms with Crippen molar-refractivity contribution >= 4 is 5.69 Å². The molecule has 0 radical (unpaired) electrons. The quantitative estimate of drug-likeness (QED) is 0.456. The SMILES string of the molecule is CCCOc1ccc(-c2[nH]nc3c2[C@H](c2ccccc2[N+](=O)[O-])C(C#N)=C(N)O3)cc1. The zero-order valence-corrected chi connectivity index (χ0v) is 16.7. The summed E-state index contributed by atoms with van der Waals surface area (Å²) in [5.41, 5.74) is 8.14. The molecule has 3 N–H and O–H groups in total. The van der Waals surface area contributed by atoms with Gasteiger partial charge in [0.1, 0.15) is 17.4 Å². The van der Waals surface area contributed by atoms with E-state index >= 15 is 0 Å². The van der Waals surface area contributed by atoms with Crippen molar-refractivity contribution in [1.29, 1.82) is 5.26 Å². The molecule has 9 nitrogen and oxygen atoms in total. The number of hydrogen-bond acceptors (Lipinski definition) is 7. The molecule has 0 spiro atoms. The van der Waals surface area contributed by atoms with Crippen LogP contribution in [-0.4, -0.2) is 21.7 Å². The summed E-state index contributed by atoms with van der Waals surface area (Å²) < 4.78 is 11.2. The van der Waals surface area contributed by atoms with E-state index < -0.39 is 10.8 Å². The van der Waals surface area contributed by atoms with Gasteiger partial charge in [-0.2, -0.15) is 5.26 Å². The van der Waals surface area contributed by atoms with Crippen molar-refractivity contribution in [2.24, 2.45) is 5.73 Å². The molecule has 0 saturated heterocycles. The molecule has 1 atom stereocenters. The molecule has 4 rings (SSSR count). The average molecular weight is 417 g/mol. The number of aromatic amines is 1. The molecule has 156 valence electrons. The van der Waals surface area contributed by atoms with Gasteiger partial charge >= 0.3 is 0 Å². The summed E-state index contributed by atoms with van der Waals surface area (Å²) >= 11 is 0. The molecule has 0 amide bonds. The van der Waals surface area contributed by atoms with Gasteiger partial charge < -0.3 is 15.2 Å². The van der Waals surface area contributed by atoms with Gasteiger partial charge in [0.05, 0.1) is 28.7 Å². The van der Waals surface area contributed by atoms with Crippen molar-refractivity contribution in [3.63, 3.8) is 0 Å². The molecule has 0 unspecified atom stereocenters. The number of para-hydroxylation sites is 1. The maximum absolute atomic E-state index is 11.7. The van der Waals surface area contributed by atoms with E-state index in [2.05, 4.69) is 16.3 Å². The Kier molecular flexibility index (Phi) is 5.28. The number of fused-ring (bicyclic) bond motifs is 1. The first-order valence-corrected chi connectivity index (χ1v) is 9.67. The van der Waals surface area contributed by atoms with Crippen LogP contribution in [0.2, 0.25) is 0 Å². The fourth-order valence-corrected chi connectivity index (χ4v) is 3.61. The average Bonchev–Trinajstić information content (AvgIpc) is 3.20. The fourth-order valence-electron chi connectivity index (χ4n) is 3.61. The number of hydrogen-bond donors (Lipinski definition) is 2. The molecule has 1 aliphatic rings. The highest BCUT2D eigenvalue weighted by molar-refractivity contribution is 5.72. The summed E-state index contributed by atoms with van der Waals surface area (Å²) in [4.78, 5) is 11.2. The predicted molar refractivity (Wildman–Crippen MR) is 112 cm³/mol. The van der Waals surface area contributed by atoms with Crippen molar-refractivity contribution < 1.29 is 14.4 Å². The van der Waals surface area contributed by atoms with E-state index in [9.17, 15) is 15.4 Å². The third kappa shape index (κ3) is 3.55. The lowest BCUT2D eigenvalue weighted by molar-refractivity contribution is -0.385. The highest BCUT2D eigenvalue weighted by Gasteiger charge is 2.38. The van der Waals surface area contributed by atoms with Gasteiger partial charge in [0.15, 0.2) is 0 Å².